The number of piperidine rings is 1. The molecule has 1 aromatic carbocycles. The van der Waals surface area contributed by atoms with Crippen molar-refractivity contribution in [2.75, 3.05) is 26.2 Å². The van der Waals surface area contributed by atoms with E-state index in [2.05, 4.69) is 41.4 Å². The molecule has 0 saturated carbocycles. The molecule has 1 aliphatic heterocycles. The Bertz CT molecular complexity index is 653. The van der Waals surface area contributed by atoms with Gasteiger partial charge in [-0.2, -0.15) is 0 Å². The van der Waals surface area contributed by atoms with E-state index in [0.29, 0.717) is 12.6 Å². The van der Waals surface area contributed by atoms with E-state index in [1.54, 1.807) is 6.92 Å². The van der Waals surface area contributed by atoms with Gasteiger partial charge in [0.2, 0.25) is 11.8 Å². The molecule has 0 bridgehead atoms. The van der Waals surface area contributed by atoms with Crippen molar-refractivity contribution in [1.29, 1.82) is 0 Å². The molecule has 1 aliphatic carbocycles. The van der Waals surface area contributed by atoms with Crippen LogP contribution in [0, 0.1) is 0 Å². The summed E-state index contributed by atoms with van der Waals surface area (Å²) in [5.41, 5.74) is 2.90. The maximum Gasteiger partial charge on any atom is 0.234 e. The number of carbonyl (C=O) groups is 2. The van der Waals surface area contributed by atoms with E-state index in [9.17, 15) is 9.59 Å². The molecule has 27 heavy (non-hydrogen) atoms. The molecule has 1 fully saturated rings. The Balaban J connectivity index is 1.52. The van der Waals surface area contributed by atoms with Crippen molar-refractivity contribution in [3.63, 3.8) is 0 Å². The van der Waals surface area contributed by atoms with E-state index in [1.807, 2.05) is 4.90 Å². The molecule has 1 unspecified atom stereocenters. The second-order valence-electron chi connectivity index (χ2n) is 7.98. The van der Waals surface area contributed by atoms with Crippen molar-refractivity contribution >= 4 is 11.8 Å². The minimum Gasteiger partial charge on any atom is -0.352 e. The van der Waals surface area contributed by atoms with Gasteiger partial charge < -0.3 is 10.2 Å². The summed E-state index contributed by atoms with van der Waals surface area (Å²) in [6, 6.07) is 9.35. The topological polar surface area (TPSA) is 52.7 Å². The van der Waals surface area contributed by atoms with Gasteiger partial charge in [0.05, 0.1) is 6.54 Å². The van der Waals surface area contributed by atoms with E-state index < -0.39 is 0 Å². The lowest BCUT2D eigenvalue weighted by Crippen LogP contribution is -2.50. The second kappa shape index (κ2) is 9.36. The van der Waals surface area contributed by atoms with Crippen molar-refractivity contribution in [2.24, 2.45) is 0 Å². The number of aryl methyl sites for hydroxylation is 1. The Kier molecular flexibility index (Phi) is 6.89. The molecule has 2 aliphatic rings. The van der Waals surface area contributed by atoms with Gasteiger partial charge in [0, 0.05) is 32.1 Å². The molecule has 3 rings (SSSR count). The highest BCUT2D eigenvalue weighted by Gasteiger charge is 2.27. The van der Waals surface area contributed by atoms with Crippen LogP contribution in [0.25, 0.3) is 0 Å². The third kappa shape index (κ3) is 5.32. The maximum absolute atomic E-state index is 12.7. The lowest BCUT2D eigenvalue weighted by Gasteiger charge is -2.36. The van der Waals surface area contributed by atoms with E-state index in [1.165, 1.54) is 11.1 Å². The molecule has 1 aromatic rings. The predicted octanol–water partition coefficient (Wildman–Crippen LogP) is 2.38. The van der Waals surface area contributed by atoms with Crippen molar-refractivity contribution < 1.29 is 9.59 Å². The van der Waals surface area contributed by atoms with Crippen molar-refractivity contribution in [3.8, 4) is 0 Å². The number of likely N-dealkylation sites (tertiary alicyclic amines) is 1. The molecule has 1 atom stereocenters. The van der Waals surface area contributed by atoms with Crippen molar-refractivity contribution in [2.45, 2.75) is 64.5 Å². The zero-order valence-corrected chi connectivity index (χ0v) is 16.7. The van der Waals surface area contributed by atoms with E-state index in [-0.39, 0.29) is 17.9 Å². The fourth-order valence-corrected chi connectivity index (χ4v) is 4.46. The first-order chi connectivity index (χ1) is 13.1. The van der Waals surface area contributed by atoms with Crippen LogP contribution in [-0.2, 0) is 22.4 Å². The van der Waals surface area contributed by atoms with Crippen LogP contribution in [0.4, 0.5) is 0 Å². The standard InChI is InChI=1S/C22H33N3O2/c1-3-12-25(21-9-8-18-6-4-5-7-19(18)15-21)16-22(27)23-20-10-13-24(14-11-20)17(2)26/h4-7,20-21H,3,8-16H2,1-2H3,(H,23,27). The third-order valence-corrected chi connectivity index (χ3v) is 6.00. The Morgan fingerprint density at radius 2 is 1.85 bits per heavy atom. The highest BCUT2D eigenvalue weighted by molar-refractivity contribution is 5.78. The van der Waals surface area contributed by atoms with Crippen LogP contribution in [0.15, 0.2) is 24.3 Å². The van der Waals surface area contributed by atoms with E-state index in [0.717, 1.165) is 58.2 Å². The van der Waals surface area contributed by atoms with Crippen LogP contribution in [0.3, 0.4) is 0 Å². The summed E-state index contributed by atoms with van der Waals surface area (Å²) in [6.45, 7) is 6.73. The second-order valence-corrected chi connectivity index (χ2v) is 7.98. The minimum atomic E-state index is 0.128. The number of carbonyl (C=O) groups excluding carboxylic acids is 2. The Hall–Kier alpha value is -1.88. The lowest BCUT2D eigenvalue weighted by molar-refractivity contribution is -0.130. The fourth-order valence-electron chi connectivity index (χ4n) is 4.46. The summed E-state index contributed by atoms with van der Waals surface area (Å²) >= 11 is 0. The molecule has 5 nitrogen and oxygen atoms in total. The average Bonchev–Trinajstić information content (AvgIpc) is 2.67. The van der Waals surface area contributed by atoms with Crippen LogP contribution < -0.4 is 5.32 Å². The van der Waals surface area contributed by atoms with Gasteiger partial charge in [0.1, 0.15) is 0 Å². The minimum absolute atomic E-state index is 0.128. The number of nitrogens with zero attached hydrogens (tertiary/aromatic N) is 2. The van der Waals surface area contributed by atoms with E-state index in [4.69, 9.17) is 0 Å². The lowest BCUT2D eigenvalue weighted by atomic mass is 9.87. The summed E-state index contributed by atoms with van der Waals surface area (Å²) < 4.78 is 0. The molecular weight excluding hydrogens is 338 g/mol. The summed E-state index contributed by atoms with van der Waals surface area (Å²) in [5.74, 6) is 0.259. The summed E-state index contributed by atoms with van der Waals surface area (Å²) in [5, 5.41) is 3.21. The van der Waals surface area contributed by atoms with Gasteiger partial charge in [0.25, 0.3) is 0 Å². The maximum atomic E-state index is 12.7. The molecule has 0 aromatic heterocycles. The molecule has 1 saturated heterocycles. The summed E-state index contributed by atoms with van der Waals surface area (Å²) in [6.07, 6.45) is 6.04. The predicted molar refractivity (Wildman–Crippen MR) is 108 cm³/mol. The van der Waals surface area contributed by atoms with Crippen LogP contribution in [-0.4, -0.2) is 59.9 Å². The van der Waals surface area contributed by atoms with Gasteiger partial charge in [-0.25, -0.2) is 0 Å². The number of fused-ring (bicyclic) bond motifs is 1. The SMILES string of the molecule is CCCN(CC(=O)NC1CCN(C(C)=O)CC1)C1CCc2ccccc2C1. The third-order valence-electron chi connectivity index (χ3n) is 6.00. The Labute approximate surface area is 163 Å². The van der Waals surface area contributed by atoms with Gasteiger partial charge in [-0.3, -0.25) is 14.5 Å². The monoisotopic (exact) mass is 371 g/mol. The molecule has 1 N–H and O–H groups in total. The molecular formula is C22H33N3O2. The van der Waals surface area contributed by atoms with Gasteiger partial charge >= 0.3 is 0 Å². The number of nitrogens with one attached hydrogen (secondary N) is 1. The normalized spacial score (nSPS) is 20.4. The number of amides is 2. The number of benzene rings is 1. The Morgan fingerprint density at radius 1 is 1.15 bits per heavy atom. The van der Waals surface area contributed by atoms with Crippen LogP contribution in [0.2, 0.25) is 0 Å². The molecule has 148 valence electrons. The summed E-state index contributed by atoms with van der Waals surface area (Å²) in [4.78, 5) is 28.3. The zero-order chi connectivity index (χ0) is 19.2. The Morgan fingerprint density at radius 3 is 2.52 bits per heavy atom. The molecule has 1 heterocycles. The van der Waals surface area contributed by atoms with Crippen LogP contribution >= 0.6 is 0 Å². The molecule has 0 spiro atoms. The van der Waals surface area contributed by atoms with Crippen LogP contribution in [0.1, 0.15) is 50.7 Å². The number of hydrogen-bond donors (Lipinski definition) is 1. The first-order valence-corrected chi connectivity index (χ1v) is 10.4. The highest BCUT2D eigenvalue weighted by atomic mass is 16.2. The van der Waals surface area contributed by atoms with Crippen molar-refractivity contribution in [3.05, 3.63) is 35.4 Å². The quantitative estimate of drug-likeness (QED) is 0.835. The van der Waals surface area contributed by atoms with Gasteiger partial charge in [-0.1, -0.05) is 31.2 Å². The van der Waals surface area contributed by atoms with E-state index >= 15 is 0 Å². The number of rotatable bonds is 6. The fraction of sp³-hybridized carbons (Fsp3) is 0.636. The molecule has 2 amide bonds. The first kappa shape index (κ1) is 19.9. The van der Waals surface area contributed by atoms with Crippen LogP contribution in [0.5, 0.6) is 0 Å². The smallest absolute Gasteiger partial charge is 0.234 e. The largest absolute Gasteiger partial charge is 0.352 e. The zero-order valence-electron chi connectivity index (χ0n) is 16.7. The first-order valence-electron chi connectivity index (χ1n) is 10.4. The van der Waals surface area contributed by atoms with Crippen molar-refractivity contribution in [1.82, 2.24) is 15.1 Å². The molecule has 5 heteroatoms. The average molecular weight is 372 g/mol. The summed E-state index contributed by atoms with van der Waals surface area (Å²) in [7, 11) is 0. The highest BCUT2D eigenvalue weighted by Crippen LogP contribution is 2.24. The number of hydrogen-bond acceptors (Lipinski definition) is 3. The van der Waals surface area contributed by atoms with Gasteiger partial charge in [0.15, 0.2) is 0 Å². The van der Waals surface area contributed by atoms with Gasteiger partial charge in [-0.15, -0.1) is 0 Å². The van der Waals surface area contributed by atoms with Gasteiger partial charge in [-0.05, 0) is 56.2 Å². The molecule has 0 radical (unpaired) electrons.